The molecule has 112 valence electrons. The van der Waals surface area contributed by atoms with Crippen molar-refractivity contribution >= 4 is 35.8 Å². The number of sulfone groups is 1. The standard InChI is InChI=1S/C12H16BrNO4S2/c13-10-20(17,18)14-8-4-5-11(14)9-19(15,16)12-6-2-1-3-7-12/h1-3,6-7,11H,4-5,8-10H2. The van der Waals surface area contributed by atoms with E-state index in [0.717, 1.165) is 0 Å². The van der Waals surface area contributed by atoms with Gasteiger partial charge in [-0.05, 0) is 25.0 Å². The molecule has 1 heterocycles. The highest BCUT2D eigenvalue weighted by Crippen LogP contribution is 2.25. The van der Waals surface area contributed by atoms with Crippen LogP contribution in [0.15, 0.2) is 35.2 Å². The van der Waals surface area contributed by atoms with Gasteiger partial charge in [0, 0.05) is 12.6 Å². The predicted octanol–water partition coefficient (Wildman–Crippen LogP) is 1.61. The molecule has 1 aliphatic heterocycles. The van der Waals surface area contributed by atoms with Crippen molar-refractivity contribution < 1.29 is 16.8 Å². The molecule has 1 saturated heterocycles. The zero-order valence-electron chi connectivity index (χ0n) is 10.8. The largest absolute Gasteiger partial charge is 0.224 e. The monoisotopic (exact) mass is 381 g/mol. The maximum atomic E-state index is 12.3. The van der Waals surface area contributed by atoms with Gasteiger partial charge in [-0.25, -0.2) is 16.8 Å². The fourth-order valence-corrected chi connectivity index (χ4v) is 6.05. The number of benzene rings is 1. The van der Waals surface area contributed by atoms with E-state index in [0.29, 0.717) is 19.4 Å². The first-order chi connectivity index (χ1) is 9.37. The van der Waals surface area contributed by atoms with Crippen molar-refractivity contribution in [1.82, 2.24) is 4.31 Å². The Morgan fingerprint density at radius 2 is 1.80 bits per heavy atom. The fourth-order valence-electron chi connectivity index (χ4n) is 2.38. The first-order valence-electron chi connectivity index (χ1n) is 6.20. The van der Waals surface area contributed by atoms with Crippen molar-refractivity contribution in [2.24, 2.45) is 0 Å². The molecule has 1 aromatic carbocycles. The molecular weight excluding hydrogens is 366 g/mol. The number of nitrogens with zero attached hydrogens (tertiary/aromatic N) is 1. The summed E-state index contributed by atoms with van der Waals surface area (Å²) in [5, 5.41) is 0. The second kappa shape index (κ2) is 6.13. The lowest BCUT2D eigenvalue weighted by Crippen LogP contribution is -2.40. The average Bonchev–Trinajstić information content (AvgIpc) is 2.88. The Labute approximate surface area is 128 Å². The van der Waals surface area contributed by atoms with E-state index in [2.05, 4.69) is 15.9 Å². The highest BCUT2D eigenvalue weighted by Gasteiger charge is 2.36. The summed E-state index contributed by atoms with van der Waals surface area (Å²) >= 11 is 2.95. The van der Waals surface area contributed by atoms with E-state index in [1.165, 1.54) is 16.4 Å². The third-order valence-electron chi connectivity index (χ3n) is 3.33. The summed E-state index contributed by atoms with van der Waals surface area (Å²) in [5.41, 5.74) is 0. The van der Waals surface area contributed by atoms with Crippen LogP contribution < -0.4 is 0 Å². The number of halogens is 1. The van der Waals surface area contributed by atoms with Crippen LogP contribution in [0.2, 0.25) is 0 Å². The molecular formula is C12H16BrNO4S2. The van der Waals surface area contributed by atoms with Gasteiger partial charge in [0.2, 0.25) is 10.0 Å². The Hall–Kier alpha value is -0.440. The van der Waals surface area contributed by atoms with E-state index < -0.39 is 25.9 Å². The van der Waals surface area contributed by atoms with Crippen LogP contribution >= 0.6 is 15.9 Å². The lowest BCUT2D eigenvalue weighted by molar-refractivity contribution is 0.411. The molecule has 5 nitrogen and oxygen atoms in total. The van der Waals surface area contributed by atoms with E-state index in [-0.39, 0.29) is 15.3 Å². The molecule has 0 N–H and O–H groups in total. The molecule has 0 spiro atoms. The van der Waals surface area contributed by atoms with Crippen LogP contribution in [0.3, 0.4) is 0 Å². The highest BCUT2D eigenvalue weighted by molar-refractivity contribution is 9.10. The minimum atomic E-state index is -3.47. The van der Waals surface area contributed by atoms with Crippen LogP contribution in [0.25, 0.3) is 0 Å². The number of hydrogen-bond acceptors (Lipinski definition) is 4. The SMILES string of the molecule is O=S(=O)(CC1CCCN1S(=O)(=O)CBr)c1ccccc1. The molecule has 1 aliphatic rings. The number of hydrogen-bond donors (Lipinski definition) is 0. The molecule has 0 bridgehead atoms. The first kappa shape index (κ1) is 15.9. The van der Waals surface area contributed by atoms with E-state index >= 15 is 0 Å². The van der Waals surface area contributed by atoms with E-state index in [4.69, 9.17) is 0 Å². The summed E-state index contributed by atoms with van der Waals surface area (Å²) in [6, 6.07) is 7.67. The molecule has 1 unspecified atom stereocenters. The molecule has 0 radical (unpaired) electrons. The number of alkyl halides is 1. The zero-order valence-corrected chi connectivity index (χ0v) is 14.0. The quantitative estimate of drug-likeness (QED) is 0.726. The normalized spacial score (nSPS) is 21.1. The Kier molecular flexibility index (Phi) is 4.88. The van der Waals surface area contributed by atoms with Gasteiger partial charge < -0.3 is 0 Å². The van der Waals surface area contributed by atoms with E-state index in [1.54, 1.807) is 18.2 Å². The van der Waals surface area contributed by atoms with Gasteiger partial charge in [0.15, 0.2) is 9.84 Å². The van der Waals surface area contributed by atoms with Gasteiger partial charge >= 0.3 is 0 Å². The minimum absolute atomic E-state index is 0.163. The zero-order chi connectivity index (χ0) is 14.8. The second-order valence-corrected chi connectivity index (χ2v) is 9.98. The maximum Gasteiger partial charge on any atom is 0.224 e. The van der Waals surface area contributed by atoms with Crippen LogP contribution in [0.1, 0.15) is 12.8 Å². The molecule has 8 heteroatoms. The molecule has 0 aliphatic carbocycles. The topological polar surface area (TPSA) is 71.5 Å². The fraction of sp³-hybridized carbons (Fsp3) is 0.500. The van der Waals surface area contributed by atoms with Crippen molar-refractivity contribution in [2.45, 2.75) is 23.8 Å². The molecule has 0 aromatic heterocycles. The Balaban J connectivity index is 2.21. The smallest absolute Gasteiger partial charge is 0.224 e. The summed E-state index contributed by atoms with van der Waals surface area (Å²) in [6.45, 7) is 0.392. The average molecular weight is 382 g/mol. The molecule has 1 aromatic rings. The first-order valence-corrected chi connectivity index (χ1v) is 10.6. The second-order valence-electron chi connectivity index (χ2n) is 4.72. The van der Waals surface area contributed by atoms with E-state index in [9.17, 15) is 16.8 Å². The van der Waals surface area contributed by atoms with Crippen LogP contribution in [-0.4, -0.2) is 44.1 Å². The van der Waals surface area contributed by atoms with Gasteiger partial charge in [-0.1, -0.05) is 34.1 Å². The number of sulfonamides is 1. The predicted molar refractivity (Wildman–Crippen MR) is 80.9 cm³/mol. The molecule has 1 atom stereocenters. The minimum Gasteiger partial charge on any atom is -0.224 e. The van der Waals surface area contributed by atoms with Crippen LogP contribution in [-0.2, 0) is 19.9 Å². The summed E-state index contributed by atoms with van der Waals surface area (Å²) in [7, 11) is -6.88. The van der Waals surface area contributed by atoms with Crippen LogP contribution in [0, 0.1) is 0 Å². The van der Waals surface area contributed by atoms with Gasteiger partial charge in [0.1, 0.15) is 4.66 Å². The summed E-state index contributed by atoms with van der Waals surface area (Å²) < 4.78 is 49.6. The lowest BCUT2D eigenvalue weighted by Gasteiger charge is -2.22. The van der Waals surface area contributed by atoms with Crippen molar-refractivity contribution in [3.8, 4) is 0 Å². The summed E-state index contributed by atoms with van der Waals surface area (Å²) in [4.78, 5) is 0.239. The van der Waals surface area contributed by atoms with Gasteiger partial charge in [0.05, 0.1) is 10.6 Å². The Morgan fingerprint density at radius 1 is 1.15 bits per heavy atom. The molecule has 0 amide bonds. The third-order valence-corrected chi connectivity index (χ3v) is 8.35. The van der Waals surface area contributed by atoms with Gasteiger partial charge in [-0.3, -0.25) is 0 Å². The van der Waals surface area contributed by atoms with Crippen LogP contribution in [0.5, 0.6) is 0 Å². The van der Waals surface area contributed by atoms with Gasteiger partial charge in [-0.15, -0.1) is 0 Å². The van der Waals surface area contributed by atoms with Crippen LogP contribution in [0.4, 0.5) is 0 Å². The Morgan fingerprint density at radius 3 is 2.40 bits per heavy atom. The summed E-state index contributed by atoms with van der Waals surface area (Å²) in [6.07, 6.45) is 1.28. The van der Waals surface area contributed by atoms with E-state index in [1.807, 2.05) is 0 Å². The molecule has 1 fully saturated rings. The van der Waals surface area contributed by atoms with Crippen molar-refractivity contribution in [1.29, 1.82) is 0 Å². The highest BCUT2D eigenvalue weighted by atomic mass is 79.9. The maximum absolute atomic E-state index is 12.3. The lowest BCUT2D eigenvalue weighted by atomic mass is 10.3. The molecule has 2 rings (SSSR count). The van der Waals surface area contributed by atoms with Crippen molar-refractivity contribution in [2.75, 3.05) is 17.0 Å². The Bertz CT molecular complexity index is 658. The molecule has 20 heavy (non-hydrogen) atoms. The van der Waals surface area contributed by atoms with Gasteiger partial charge in [0.25, 0.3) is 0 Å². The third kappa shape index (κ3) is 3.41. The number of rotatable bonds is 5. The van der Waals surface area contributed by atoms with Crippen molar-refractivity contribution in [3.05, 3.63) is 30.3 Å². The summed E-state index contributed by atoms with van der Waals surface area (Å²) in [5.74, 6) is -0.163. The molecule has 0 saturated carbocycles. The van der Waals surface area contributed by atoms with Crippen molar-refractivity contribution in [3.63, 3.8) is 0 Å². The van der Waals surface area contributed by atoms with Gasteiger partial charge in [-0.2, -0.15) is 4.31 Å².